The molecule has 0 bridgehead atoms. The number of aromatic hydroxyl groups is 1. The molecule has 8 nitrogen and oxygen atoms in total. The number of nitrogens with zero attached hydrogens (tertiary/aromatic N) is 3. The highest BCUT2D eigenvalue weighted by Gasteiger charge is 2.37. The second kappa shape index (κ2) is 10.3. The minimum Gasteiger partial charge on any atom is -0.505 e. The smallest absolute Gasteiger partial charge is 0.282 e. The van der Waals surface area contributed by atoms with Crippen molar-refractivity contribution in [1.29, 1.82) is 0 Å². The van der Waals surface area contributed by atoms with Crippen LogP contribution in [0.1, 0.15) is 47.7 Å². The van der Waals surface area contributed by atoms with E-state index < -0.39 is 47.6 Å². The van der Waals surface area contributed by atoms with Crippen LogP contribution in [0.15, 0.2) is 35.3 Å². The molecule has 0 radical (unpaired) electrons. The first-order chi connectivity index (χ1) is 18.1. The van der Waals surface area contributed by atoms with Crippen LogP contribution in [0.5, 0.6) is 5.75 Å². The number of carbonyl (C=O) groups excluding carboxylic acids is 1. The second-order valence-electron chi connectivity index (χ2n) is 10.1. The van der Waals surface area contributed by atoms with Gasteiger partial charge in [0, 0.05) is 37.3 Å². The third-order valence-corrected chi connectivity index (χ3v) is 7.37. The van der Waals surface area contributed by atoms with Crippen LogP contribution in [0.3, 0.4) is 0 Å². The molecular formula is C27H30F3N5O3. The number of aromatic nitrogens is 2. The van der Waals surface area contributed by atoms with E-state index in [4.69, 9.17) is 0 Å². The number of carbonyl (C=O) groups is 1. The molecule has 1 saturated heterocycles. The Hall–Kier alpha value is -3.60. The number of amides is 1. The molecule has 2 aliphatic rings. The van der Waals surface area contributed by atoms with Gasteiger partial charge >= 0.3 is 0 Å². The maximum Gasteiger partial charge on any atom is 0.282 e. The Bertz CT molecular complexity index is 1420. The SMILES string of the molecule is C[C@@H]1CCCN1CCCNC(=O)c1c(O)c2ncc(Cc3ccc(F)cc3)c3c2n(c1=O)CC(F)(F)CN3. The lowest BCUT2D eigenvalue weighted by molar-refractivity contribution is -0.000937. The van der Waals surface area contributed by atoms with Crippen LogP contribution >= 0.6 is 0 Å². The minimum absolute atomic E-state index is 0.00357. The number of anilines is 1. The van der Waals surface area contributed by atoms with E-state index >= 15 is 0 Å². The van der Waals surface area contributed by atoms with Crippen LogP contribution in [0, 0.1) is 5.82 Å². The molecular weight excluding hydrogens is 499 g/mol. The van der Waals surface area contributed by atoms with Crippen LogP contribution < -0.4 is 16.2 Å². The summed E-state index contributed by atoms with van der Waals surface area (Å²) < 4.78 is 43.7. The molecule has 1 fully saturated rings. The highest BCUT2D eigenvalue weighted by Crippen LogP contribution is 2.36. The van der Waals surface area contributed by atoms with Crippen LogP contribution in [0.2, 0.25) is 0 Å². The summed E-state index contributed by atoms with van der Waals surface area (Å²) in [6, 6.07) is 6.21. The summed E-state index contributed by atoms with van der Waals surface area (Å²) in [5, 5.41) is 16.3. The van der Waals surface area contributed by atoms with Crippen LogP contribution in [0.25, 0.3) is 11.0 Å². The van der Waals surface area contributed by atoms with Crippen molar-refractivity contribution < 1.29 is 23.1 Å². The van der Waals surface area contributed by atoms with Gasteiger partial charge in [-0.2, -0.15) is 0 Å². The Kier molecular flexibility index (Phi) is 7.04. The summed E-state index contributed by atoms with van der Waals surface area (Å²) in [5.74, 6) is -5.18. The van der Waals surface area contributed by atoms with E-state index in [9.17, 15) is 27.9 Å². The number of rotatable bonds is 7. The van der Waals surface area contributed by atoms with Crippen molar-refractivity contribution >= 4 is 22.6 Å². The number of hydrogen-bond donors (Lipinski definition) is 3. The fourth-order valence-corrected chi connectivity index (χ4v) is 5.34. The van der Waals surface area contributed by atoms with Crippen molar-refractivity contribution in [1.82, 2.24) is 19.8 Å². The lowest BCUT2D eigenvalue weighted by Gasteiger charge is -2.20. The van der Waals surface area contributed by atoms with Crippen LogP contribution in [0.4, 0.5) is 18.9 Å². The maximum atomic E-state index is 14.7. The van der Waals surface area contributed by atoms with Crippen molar-refractivity contribution in [3.63, 3.8) is 0 Å². The number of pyridine rings is 2. The fourth-order valence-electron chi connectivity index (χ4n) is 5.34. The first-order valence-electron chi connectivity index (χ1n) is 12.8. The summed E-state index contributed by atoms with van der Waals surface area (Å²) in [6.07, 6.45) is 4.56. The molecule has 38 heavy (non-hydrogen) atoms. The fraction of sp³-hybridized carbons (Fsp3) is 0.444. The van der Waals surface area contributed by atoms with Gasteiger partial charge in [0.05, 0.1) is 24.3 Å². The van der Waals surface area contributed by atoms with Crippen LogP contribution in [-0.4, -0.2) is 63.6 Å². The van der Waals surface area contributed by atoms with Crippen molar-refractivity contribution in [3.8, 4) is 5.75 Å². The molecule has 5 rings (SSSR count). The molecule has 0 saturated carbocycles. The van der Waals surface area contributed by atoms with E-state index in [0.717, 1.165) is 30.5 Å². The zero-order chi connectivity index (χ0) is 27.0. The third-order valence-electron chi connectivity index (χ3n) is 7.37. The number of alkyl halides is 2. The molecule has 2 aliphatic heterocycles. The summed E-state index contributed by atoms with van der Waals surface area (Å²) in [5.41, 5.74) is -0.314. The first kappa shape index (κ1) is 26.0. The van der Waals surface area contributed by atoms with E-state index in [-0.39, 0.29) is 29.7 Å². The normalized spacial score (nSPS) is 18.8. The summed E-state index contributed by atoms with van der Waals surface area (Å²) in [7, 11) is 0. The monoisotopic (exact) mass is 529 g/mol. The molecule has 1 atom stereocenters. The van der Waals surface area contributed by atoms with Gasteiger partial charge in [0.1, 0.15) is 16.9 Å². The van der Waals surface area contributed by atoms with Gasteiger partial charge in [0.2, 0.25) is 0 Å². The first-order valence-corrected chi connectivity index (χ1v) is 12.8. The molecule has 202 valence electrons. The molecule has 3 N–H and O–H groups in total. The summed E-state index contributed by atoms with van der Waals surface area (Å²) in [4.78, 5) is 33.0. The van der Waals surface area contributed by atoms with Crippen molar-refractivity contribution in [2.75, 3.05) is 31.5 Å². The predicted octanol–water partition coefficient (Wildman–Crippen LogP) is 3.50. The molecule has 0 unspecified atom stereocenters. The van der Waals surface area contributed by atoms with Gasteiger partial charge in [0.25, 0.3) is 17.4 Å². The second-order valence-corrected chi connectivity index (χ2v) is 10.1. The molecule has 2 aromatic heterocycles. The Labute approximate surface area is 217 Å². The maximum absolute atomic E-state index is 14.7. The Morgan fingerprint density at radius 1 is 1.29 bits per heavy atom. The number of halogens is 3. The number of benzene rings is 1. The quantitative estimate of drug-likeness (QED) is 0.406. The van der Waals surface area contributed by atoms with Crippen molar-refractivity contribution in [3.05, 3.63) is 63.3 Å². The molecule has 11 heteroatoms. The van der Waals surface area contributed by atoms with E-state index in [1.54, 1.807) is 12.1 Å². The molecule has 0 aliphatic carbocycles. The molecule has 1 amide bonds. The Balaban J connectivity index is 1.48. The average Bonchev–Trinajstić information content (AvgIpc) is 3.22. The van der Waals surface area contributed by atoms with Crippen LogP contribution in [-0.2, 0) is 13.0 Å². The predicted molar refractivity (Wildman–Crippen MR) is 138 cm³/mol. The van der Waals surface area contributed by atoms with Gasteiger partial charge in [0.15, 0.2) is 5.75 Å². The lowest BCUT2D eigenvalue weighted by atomic mass is 10.0. The highest BCUT2D eigenvalue weighted by molar-refractivity contribution is 6.04. The lowest BCUT2D eigenvalue weighted by Crippen LogP contribution is -2.38. The largest absolute Gasteiger partial charge is 0.505 e. The van der Waals surface area contributed by atoms with Crippen molar-refractivity contribution in [2.45, 2.75) is 51.1 Å². The summed E-state index contributed by atoms with van der Waals surface area (Å²) in [6.45, 7) is 2.49. The zero-order valence-electron chi connectivity index (χ0n) is 21.1. The minimum atomic E-state index is -3.31. The molecule has 1 aromatic carbocycles. The van der Waals surface area contributed by atoms with E-state index in [0.29, 0.717) is 23.6 Å². The van der Waals surface area contributed by atoms with Gasteiger partial charge < -0.3 is 20.6 Å². The molecule has 0 spiro atoms. The molecule has 3 aromatic rings. The van der Waals surface area contributed by atoms with E-state index in [1.165, 1.54) is 18.3 Å². The topological polar surface area (TPSA) is 99.5 Å². The van der Waals surface area contributed by atoms with E-state index in [1.807, 2.05) is 0 Å². The standard InChI is InChI=1S/C27H30F3N5O3/c1-16-4-2-10-34(16)11-3-9-31-25(37)20-24(36)22-23-21(33-14-27(29,30)15-35(23)26(20)38)18(13-32-22)12-17-5-7-19(28)8-6-17/h5-8,13,16,33,36H,2-4,9-12,14-15H2,1H3,(H,31,37)/t16-/m1/s1. The van der Waals surface area contributed by atoms with Gasteiger partial charge in [-0.3, -0.25) is 19.1 Å². The molecule has 4 heterocycles. The number of likely N-dealkylation sites (tertiary alicyclic amines) is 1. The average molecular weight is 530 g/mol. The van der Waals surface area contributed by atoms with E-state index in [2.05, 4.69) is 27.4 Å². The van der Waals surface area contributed by atoms with Gasteiger partial charge in [-0.1, -0.05) is 12.1 Å². The highest BCUT2D eigenvalue weighted by atomic mass is 19.3. The zero-order valence-corrected chi connectivity index (χ0v) is 21.1. The van der Waals surface area contributed by atoms with Gasteiger partial charge in [-0.05, 0) is 50.4 Å². The van der Waals surface area contributed by atoms with Crippen molar-refractivity contribution in [2.24, 2.45) is 0 Å². The Morgan fingerprint density at radius 3 is 2.76 bits per heavy atom. The van der Waals surface area contributed by atoms with Gasteiger partial charge in [-0.25, -0.2) is 13.2 Å². The van der Waals surface area contributed by atoms with Gasteiger partial charge in [-0.15, -0.1) is 0 Å². The number of hydrogen-bond acceptors (Lipinski definition) is 6. The Morgan fingerprint density at radius 2 is 2.05 bits per heavy atom. The number of nitrogens with one attached hydrogen (secondary N) is 2. The summed E-state index contributed by atoms with van der Waals surface area (Å²) >= 11 is 0. The third kappa shape index (κ3) is 5.07.